The average Bonchev–Trinajstić information content (AvgIpc) is 2.41. The second-order valence-electron chi connectivity index (χ2n) is 5.37. The van der Waals surface area contributed by atoms with Crippen LogP contribution < -0.4 is 5.73 Å². The Morgan fingerprint density at radius 3 is 2.63 bits per heavy atom. The van der Waals surface area contributed by atoms with Gasteiger partial charge in [0.1, 0.15) is 5.82 Å². The van der Waals surface area contributed by atoms with Crippen LogP contribution in [-0.4, -0.2) is 23.5 Å². The van der Waals surface area contributed by atoms with Crippen LogP contribution in [0.5, 0.6) is 0 Å². The number of rotatable bonds is 4. The maximum Gasteiger partial charge on any atom is 0.123 e. The highest BCUT2D eigenvalue weighted by Crippen LogP contribution is 2.25. The first-order valence-corrected chi connectivity index (χ1v) is 7.41. The summed E-state index contributed by atoms with van der Waals surface area (Å²) in [6.07, 6.45) is 4.42. The fourth-order valence-electron chi connectivity index (χ4n) is 2.85. The Morgan fingerprint density at radius 2 is 2.00 bits per heavy atom. The van der Waals surface area contributed by atoms with Crippen molar-refractivity contribution >= 4 is 11.6 Å². The SMILES string of the molecule is CCN(Cc1cc(F)ccc1Cl)C1CCC(N)CC1. The van der Waals surface area contributed by atoms with E-state index in [9.17, 15) is 4.39 Å². The Labute approximate surface area is 119 Å². The minimum atomic E-state index is -0.221. The van der Waals surface area contributed by atoms with Crippen LogP contribution in [-0.2, 0) is 6.54 Å². The van der Waals surface area contributed by atoms with Crippen molar-refractivity contribution in [3.05, 3.63) is 34.6 Å². The zero-order valence-electron chi connectivity index (χ0n) is 11.4. The van der Waals surface area contributed by atoms with Crippen molar-refractivity contribution in [2.24, 2.45) is 5.73 Å². The number of halogens is 2. The average molecular weight is 285 g/mol. The number of benzene rings is 1. The highest BCUT2D eigenvalue weighted by molar-refractivity contribution is 6.31. The second kappa shape index (κ2) is 6.69. The van der Waals surface area contributed by atoms with Crippen molar-refractivity contribution < 1.29 is 4.39 Å². The molecule has 2 N–H and O–H groups in total. The van der Waals surface area contributed by atoms with Gasteiger partial charge in [-0.25, -0.2) is 4.39 Å². The van der Waals surface area contributed by atoms with Gasteiger partial charge >= 0.3 is 0 Å². The lowest BCUT2D eigenvalue weighted by molar-refractivity contribution is 0.149. The number of hydrogen-bond donors (Lipinski definition) is 1. The fraction of sp³-hybridized carbons (Fsp3) is 0.600. The van der Waals surface area contributed by atoms with Gasteiger partial charge < -0.3 is 5.73 Å². The second-order valence-corrected chi connectivity index (χ2v) is 5.77. The van der Waals surface area contributed by atoms with E-state index in [1.807, 2.05) is 0 Å². The standard InChI is InChI=1S/C15H22ClFN2/c1-2-19(14-6-4-13(18)5-7-14)10-11-9-12(17)3-8-15(11)16/h3,8-9,13-14H,2,4-7,10,18H2,1H3. The van der Waals surface area contributed by atoms with Crippen molar-refractivity contribution in [1.82, 2.24) is 4.90 Å². The molecule has 0 heterocycles. The molecule has 0 aliphatic heterocycles. The summed E-state index contributed by atoms with van der Waals surface area (Å²) < 4.78 is 13.3. The van der Waals surface area contributed by atoms with Gasteiger partial charge in [0.15, 0.2) is 0 Å². The Kier molecular flexibility index (Phi) is 5.20. The largest absolute Gasteiger partial charge is 0.328 e. The van der Waals surface area contributed by atoms with Crippen LogP contribution in [0.15, 0.2) is 18.2 Å². The fourth-order valence-corrected chi connectivity index (χ4v) is 3.03. The maximum atomic E-state index is 13.3. The van der Waals surface area contributed by atoms with E-state index in [2.05, 4.69) is 11.8 Å². The minimum absolute atomic E-state index is 0.221. The van der Waals surface area contributed by atoms with Crippen molar-refractivity contribution in [2.45, 2.75) is 51.2 Å². The summed E-state index contributed by atoms with van der Waals surface area (Å²) in [5.74, 6) is -0.221. The summed E-state index contributed by atoms with van der Waals surface area (Å²) in [6, 6.07) is 5.48. The molecular formula is C15H22ClFN2. The lowest BCUT2D eigenvalue weighted by Crippen LogP contribution is -2.40. The molecule has 0 saturated heterocycles. The summed E-state index contributed by atoms with van der Waals surface area (Å²) in [6.45, 7) is 3.81. The molecule has 0 radical (unpaired) electrons. The predicted octanol–water partition coefficient (Wildman–Crippen LogP) is 3.57. The van der Waals surface area contributed by atoms with E-state index in [4.69, 9.17) is 17.3 Å². The lowest BCUT2D eigenvalue weighted by Gasteiger charge is -2.35. The van der Waals surface area contributed by atoms with Crippen molar-refractivity contribution in [2.75, 3.05) is 6.54 Å². The Balaban J connectivity index is 2.04. The zero-order chi connectivity index (χ0) is 13.8. The van der Waals surface area contributed by atoms with Crippen LogP contribution in [0.3, 0.4) is 0 Å². The van der Waals surface area contributed by atoms with Crippen LogP contribution in [0.1, 0.15) is 38.2 Å². The van der Waals surface area contributed by atoms with Crippen molar-refractivity contribution in [3.8, 4) is 0 Å². The summed E-state index contributed by atoms with van der Waals surface area (Å²) >= 11 is 6.15. The van der Waals surface area contributed by atoms with E-state index >= 15 is 0 Å². The molecular weight excluding hydrogens is 263 g/mol. The minimum Gasteiger partial charge on any atom is -0.328 e. The van der Waals surface area contributed by atoms with E-state index in [-0.39, 0.29) is 5.82 Å². The zero-order valence-corrected chi connectivity index (χ0v) is 12.2. The van der Waals surface area contributed by atoms with Crippen molar-refractivity contribution in [1.29, 1.82) is 0 Å². The van der Waals surface area contributed by atoms with Crippen LogP contribution in [0, 0.1) is 5.82 Å². The molecule has 1 aliphatic rings. The molecule has 1 fully saturated rings. The lowest BCUT2D eigenvalue weighted by atomic mass is 9.90. The van der Waals surface area contributed by atoms with Gasteiger partial charge in [0, 0.05) is 23.7 Å². The van der Waals surface area contributed by atoms with E-state index in [1.165, 1.54) is 6.07 Å². The third kappa shape index (κ3) is 3.91. The molecule has 0 amide bonds. The van der Waals surface area contributed by atoms with Crippen molar-refractivity contribution in [3.63, 3.8) is 0 Å². The molecule has 1 aliphatic carbocycles. The molecule has 0 unspecified atom stereocenters. The number of nitrogens with two attached hydrogens (primary N) is 1. The smallest absolute Gasteiger partial charge is 0.123 e. The van der Waals surface area contributed by atoms with E-state index < -0.39 is 0 Å². The highest BCUT2D eigenvalue weighted by Gasteiger charge is 2.23. The molecule has 106 valence electrons. The normalized spacial score (nSPS) is 23.8. The summed E-state index contributed by atoms with van der Waals surface area (Å²) in [5, 5.41) is 0.646. The number of nitrogens with zero attached hydrogens (tertiary/aromatic N) is 1. The van der Waals surface area contributed by atoms with E-state index in [1.54, 1.807) is 12.1 Å². The van der Waals surface area contributed by atoms with Gasteiger partial charge in [-0.1, -0.05) is 18.5 Å². The monoisotopic (exact) mass is 284 g/mol. The summed E-state index contributed by atoms with van der Waals surface area (Å²) in [4.78, 5) is 2.38. The van der Waals surface area contributed by atoms with Gasteiger partial charge in [0.05, 0.1) is 0 Å². The molecule has 1 saturated carbocycles. The van der Waals surface area contributed by atoms with Gasteiger partial charge in [0.2, 0.25) is 0 Å². The summed E-state index contributed by atoms with van der Waals surface area (Å²) in [5.41, 5.74) is 6.82. The molecule has 0 atom stereocenters. The third-order valence-electron chi connectivity index (χ3n) is 4.05. The van der Waals surface area contributed by atoms with Gasteiger partial charge in [-0.3, -0.25) is 4.90 Å². The van der Waals surface area contributed by atoms with Gasteiger partial charge in [0.25, 0.3) is 0 Å². The highest BCUT2D eigenvalue weighted by atomic mass is 35.5. The quantitative estimate of drug-likeness (QED) is 0.916. The van der Waals surface area contributed by atoms with Crippen LogP contribution in [0.2, 0.25) is 5.02 Å². The molecule has 0 aromatic heterocycles. The van der Waals surface area contributed by atoms with Gasteiger partial charge in [-0.2, -0.15) is 0 Å². The first-order chi connectivity index (χ1) is 9.10. The summed E-state index contributed by atoms with van der Waals surface area (Å²) in [7, 11) is 0. The van der Waals surface area contributed by atoms with E-state index in [0.29, 0.717) is 23.7 Å². The molecule has 1 aromatic carbocycles. The van der Waals surface area contributed by atoms with Gasteiger partial charge in [-0.15, -0.1) is 0 Å². The Morgan fingerprint density at radius 1 is 1.32 bits per heavy atom. The predicted molar refractivity (Wildman–Crippen MR) is 77.7 cm³/mol. The molecule has 0 spiro atoms. The first-order valence-electron chi connectivity index (χ1n) is 7.03. The first kappa shape index (κ1) is 14.8. The molecule has 1 aromatic rings. The number of hydrogen-bond acceptors (Lipinski definition) is 2. The van der Waals surface area contributed by atoms with Crippen LogP contribution in [0.25, 0.3) is 0 Å². The maximum absolute atomic E-state index is 13.3. The molecule has 2 rings (SSSR count). The molecule has 2 nitrogen and oxygen atoms in total. The Bertz CT molecular complexity index is 417. The molecule has 0 bridgehead atoms. The van der Waals surface area contributed by atoms with Crippen LogP contribution >= 0.6 is 11.6 Å². The van der Waals surface area contributed by atoms with Gasteiger partial charge in [-0.05, 0) is 56.0 Å². The third-order valence-corrected chi connectivity index (χ3v) is 4.41. The Hall–Kier alpha value is -0.640. The van der Waals surface area contributed by atoms with Crippen LogP contribution in [0.4, 0.5) is 4.39 Å². The van der Waals surface area contributed by atoms with E-state index in [0.717, 1.165) is 37.8 Å². The molecule has 4 heteroatoms. The topological polar surface area (TPSA) is 29.3 Å². The molecule has 19 heavy (non-hydrogen) atoms.